The molecule has 0 radical (unpaired) electrons. The van der Waals surface area contributed by atoms with Crippen LogP contribution in [0.4, 0.5) is 5.82 Å². The van der Waals surface area contributed by atoms with Crippen LogP contribution in [0.25, 0.3) is 11.0 Å². The average molecular weight is 405 g/mol. The Morgan fingerprint density at radius 3 is 2.96 bits per heavy atom. The van der Waals surface area contributed by atoms with Crippen LogP contribution in [0.2, 0.25) is 5.02 Å². The van der Waals surface area contributed by atoms with Crippen molar-refractivity contribution in [1.29, 1.82) is 0 Å². The Kier molecular flexibility index (Phi) is 4.86. The van der Waals surface area contributed by atoms with Gasteiger partial charge in [0, 0.05) is 16.8 Å². The number of aromatic nitrogens is 1. The van der Waals surface area contributed by atoms with Crippen molar-refractivity contribution in [2.24, 2.45) is 0 Å². The summed E-state index contributed by atoms with van der Waals surface area (Å²) in [4.78, 5) is 0. The first kappa shape index (κ1) is 18.3. The van der Waals surface area contributed by atoms with Crippen LogP contribution in [0.1, 0.15) is 31.4 Å². The molecule has 0 amide bonds. The Bertz CT molecular complexity index is 987. The standard InChI is InChI=1S/C20H21ClN2O3S/c1-20(2)7-6-12-8-14(4-5-17(12)25-20)24-11-13-9-18-15(10-16(13)21)19(22-26-18)23-27-3/h4-5,8-10H,6-7,11H2,1-3H3,(H,22,23). The van der Waals surface area contributed by atoms with Crippen LogP contribution in [-0.4, -0.2) is 17.0 Å². The van der Waals surface area contributed by atoms with Crippen molar-refractivity contribution in [2.45, 2.75) is 38.9 Å². The van der Waals surface area contributed by atoms with Crippen LogP contribution >= 0.6 is 23.5 Å². The number of aryl methyl sites for hydroxylation is 1. The highest BCUT2D eigenvalue weighted by atomic mass is 35.5. The summed E-state index contributed by atoms with van der Waals surface area (Å²) >= 11 is 7.89. The third-order valence-electron chi connectivity index (χ3n) is 4.65. The van der Waals surface area contributed by atoms with Gasteiger partial charge in [0.1, 0.15) is 23.7 Å². The van der Waals surface area contributed by atoms with E-state index >= 15 is 0 Å². The van der Waals surface area contributed by atoms with Crippen LogP contribution in [-0.2, 0) is 13.0 Å². The van der Waals surface area contributed by atoms with Crippen LogP contribution in [0.3, 0.4) is 0 Å². The molecule has 7 heteroatoms. The molecule has 1 aliphatic rings. The predicted octanol–water partition coefficient (Wildman–Crippen LogP) is 5.85. The fourth-order valence-corrected chi connectivity index (χ4v) is 3.73. The maximum Gasteiger partial charge on any atom is 0.187 e. The molecule has 2 heterocycles. The fourth-order valence-electron chi connectivity index (χ4n) is 3.17. The van der Waals surface area contributed by atoms with Crippen molar-refractivity contribution in [3.8, 4) is 11.5 Å². The number of hydrogen-bond acceptors (Lipinski definition) is 6. The van der Waals surface area contributed by atoms with Gasteiger partial charge in [-0.05, 0) is 62.6 Å². The van der Waals surface area contributed by atoms with Gasteiger partial charge in [0.15, 0.2) is 11.4 Å². The quantitative estimate of drug-likeness (QED) is 0.538. The van der Waals surface area contributed by atoms with E-state index in [2.05, 4.69) is 23.7 Å². The zero-order valence-corrected chi connectivity index (χ0v) is 17.0. The van der Waals surface area contributed by atoms with E-state index in [4.69, 9.17) is 25.6 Å². The number of ether oxygens (including phenoxy) is 2. The van der Waals surface area contributed by atoms with Crippen LogP contribution in [0, 0.1) is 0 Å². The number of nitrogens with one attached hydrogen (secondary N) is 1. The predicted molar refractivity (Wildman–Crippen MR) is 110 cm³/mol. The van der Waals surface area contributed by atoms with E-state index < -0.39 is 0 Å². The zero-order chi connectivity index (χ0) is 19.0. The van der Waals surface area contributed by atoms with E-state index in [1.165, 1.54) is 17.5 Å². The Hall–Kier alpha value is -2.05. The molecular weight excluding hydrogens is 384 g/mol. The average Bonchev–Trinajstić information content (AvgIpc) is 3.01. The molecule has 27 heavy (non-hydrogen) atoms. The first-order chi connectivity index (χ1) is 12.9. The molecule has 1 aliphatic heterocycles. The van der Waals surface area contributed by atoms with Gasteiger partial charge in [-0.15, -0.1) is 0 Å². The first-order valence-corrected chi connectivity index (χ1v) is 10.4. The molecule has 0 spiro atoms. The van der Waals surface area contributed by atoms with Gasteiger partial charge < -0.3 is 18.7 Å². The molecule has 0 bridgehead atoms. The van der Waals surface area contributed by atoms with Crippen LogP contribution < -0.4 is 14.2 Å². The van der Waals surface area contributed by atoms with Gasteiger partial charge in [-0.2, -0.15) is 0 Å². The minimum Gasteiger partial charge on any atom is -0.489 e. The highest BCUT2D eigenvalue weighted by molar-refractivity contribution is 7.99. The molecule has 3 aromatic rings. The summed E-state index contributed by atoms with van der Waals surface area (Å²) in [5, 5.41) is 5.50. The first-order valence-electron chi connectivity index (χ1n) is 8.77. The number of rotatable bonds is 5. The topological polar surface area (TPSA) is 56.5 Å². The second-order valence-electron chi connectivity index (χ2n) is 7.20. The molecule has 1 N–H and O–H groups in total. The van der Waals surface area contributed by atoms with Gasteiger partial charge in [-0.3, -0.25) is 0 Å². The van der Waals surface area contributed by atoms with Gasteiger partial charge in [0.05, 0.1) is 5.39 Å². The van der Waals surface area contributed by atoms with Crippen molar-refractivity contribution in [2.75, 3.05) is 11.0 Å². The molecule has 142 valence electrons. The lowest BCUT2D eigenvalue weighted by molar-refractivity contribution is 0.0844. The Morgan fingerprint density at radius 2 is 2.15 bits per heavy atom. The molecule has 0 saturated heterocycles. The van der Waals surface area contributed by atoms with Gasteiger partial charge in [0.2, 0.25) is 0 Å². The number of halogens is 1. The highest BCUT2D eigenvalue weighted by Crippen LogP contribution is 2.36. The van der Waals surface area contributed by atoms with E-state index in [9.17, 15) is 0 Å². The van der Waals surface area contributed by atoms with Crippen molar-refractivity contribution in [3.05, 3.63) is 46.5 Å². The van der Waals surface area contributed by atoms with Crippen molar-refractivity contribution >= 4 is 40.3 Å². The van der Waals surface area contributed by atoms with Crippen molar-refractivity contribution < 1.29 is 14.0 Å². The van der Waals surface area contributed by atoms with E-state index in [1.807, 2.05) is 36.6 Å². The summed E-state index contributed by atoms with van der Waals surface area (Å²) in [6, 6.07) is 9.69. The third-order valence-corrected chi connectivity index (χ3v) is 5.40. The Labute approximate surface area is 167 Å². The summed E-state index contributed by atoms with van der Waals surface area (Å²) in [7, 11) is 0. The van der Waals surface area contributed by atoms with Gasteiger partial charge >= 0.3 is 0 Å². The second-order valence-corrected chi connectivity index (χ2v) is 8.22. The largest absolute Gasteiger partial charge is 0.489 e. The SMILES string of the molecule is CSNc1noc2cc(COc3ccc4c(c3)CCC(C)(C)O4)c(Cl)cc12. The molecule has 2 aromatic carbocycles. The highest BCUT2D eigenvalue weighted by Gasteiger charge is 2.26. The third kappa shape index (κ3) is 3.82. The molecule has 0 atom stereocenters. The van der Waals surface area contributed by atoms with Gasteiger partial charge in [0.25, 0.3) is 0 Å². The maximum absolute atomic E-state index is 6.44. The number of fused-ring (bicyclic) bond motifs is 2. The minimum atomic E-state index is -0.112. The fraction of sp³-hybridized carbons (Fsp3) is 0.350. The van der Waals surface area contributed by atoms with Gasteiger partial charge in [-0.1, -0.05) is 28.7 Å². The Morgan fingerprint density at radius 1 is 1.30 bits per heavy atom. The minimum absolute atomic E-state index is 0.112. The summed E-state index contributed by atoms with van der Waals surface area (Å²) < 4.78 is 20.5. The van der Waals surface area contributed by atoms with E-state index in [1.54, 1.807) is 0 Å². The second kappa shape index (κ2) is 7.17. The molecule has 0 saturated carbocycles. The van der Waals surface area contributed by atoms with Crippen molar-refractivity contribution in [1.82, 2.24) is 5.16 Å². The molecule has 0 aliphatic carbocycles. The lowest BCUT2D eigenvalue weighted by Gasteiger charge is -2.32. The van der Waals surface area contributed by atoms with E-state index in [0.29, 0.717) is 23.0 Å². The molecule has 4 rings (SSSR count). The number of benzene rings is 2. The van der Waals surface area contributed by atoms with Gasteiger partial charge in [-0.25, -0.2) is 0 Å². The van der Waals surface area contributed by atoms with Crippen LogP contribution in [0.15, 0.2) is 34.9 Å². The van der Waals surface area contributed by atoms with E-state index in [0.717, 1.165) is 35.3 Å². The molecule has 5 nitrogen and oxygen atoms in total. The summed E-state index contributed by atoms with van der Waals surface area (Å²) in [6.07, 6.45) is 3.90. The summed E-state index contributed by atoms with van der Waals surface area (Å²) in [5.74, 6) is 2.41. The smallest absolute Gasteiger partial charge is 0.187 e. The molecular formula is C20H21ClN2O3S. The Balaban J connectivity index is 1.51. The molecule has 0 unspecified atom stereocenters. The number of hydrogen-bond donors (Lipinski definition) is 1. The number of anilines is 1. The summed E-state index contributed by atoms with van der Waals surface area (Å²) in [5.41, 5.74) is 2.59. The lowest BCUT2D eigenvalue weighted by Crippen LogP contribution is -2.32. The maximum atomic E-state index is 6.44. The van der Waals surface area contributed by atoms with Crippen LogP contribution in [0.5, 0.6) is 11.5 Å². The number of nitrogens with zero attached hydrogens (tertiary/aromatic N) is 1. The zero-order valence-electron chi connectivity index (χ0n) is 15.5. The van der Waals surface area contributed by atoms with E-state index in [-0.39, 0.29) is 5.60 Å². The van der Waals surface area contributed by atoms with Crippen molar-refractivity contribution in [3.63, 3.8) is 0 Å². The summed E-state index contributed by atoms with van der Waals surface area (Å²) in [6.45, 7) is 4.58. The lowest BCUT2D eigenvalue weighted by atomic mass is 9.94. The normalized spacial score (nSPS) is 15.3. The molecule has 1 aromatic heterocycles. The monoisotopic (exact) mass is 404 g/mol. The molecule has 0 fully saturated rings.